The quantitative estimate of drug-likeness (QED) is 0.214. The summed E-state index contributed by atoms with van der Waals surface area (Å²) >= 11 is 0. The molecule has 0 radical (unpaired) electrons. The highest BCUT2D eigenvalue weighted by Crippen LogP contribution is 2.36. The minimum absolute atomic E-state index is 0.564. The Morgan fingerprint density at radius 3 is 1.91 bits per heavy atom. The molecule has 202 valence electrons. The van der Waals surface area contributed by atoms with Crippen molar-refractivity contribution in [2.75, 3.05) is 0 Å². The van der Waals surface area contributed by atoms with Crippen LogP contribution in [0, 0.1) is 0 Å². The molecule has 4 aromatic heterocycles. The predicted octanol–water partition coefficient (Wildman–Crippen LogP) is 9.03. The van der Waals surface area contributed by atoms with E-state index in [0.717, 1.165) is 39.4 Å². The van der Waals surface area contributed by atoms with Crippen LogP contribution in [0.15, 0.2) is 152 Å². The Labute approximate surface area is 248 Å². The van der Waals surface area contributed by atoms with E-state index in [1.54, 1.807) is 12.4 Å². The fourth-order valence-electron chi connectivity index (χ4n) is 5.72. The van der Waals surface area contributed by atoms with Crippen molar-refractivity contribution < 1.29 is 0 Å². The van der Waals surface area contributed by atoms with E-state index in [0.29, 0.717) is 11.5 Å². The maximum absolute atomic E-state index is 4.98. The number of aromatic nitrogens is 5. The Morgan fingerprint density at radius 1 is 0.395 bits per heavy atom. The van der Waals surface area contributed by atoms with Gasteiger partial charge in [0.2, 0.25) is 0 Å². The molecule has 4 aromatic carbocycles. The van der Waals surface area contributed by atoms with E-state index >= 15 is 0 Å². The van der Waals surface area contributed by atoms with Crippen LogP contribution in [0.3, 0.4) is 0 Å². The average Bonchev–Trinajstić information content (AvgIpc) is 3.43. The molecule has 5 nitrogen and oxygen atoms in total. The van der Waals surface area contributed by atoms with Crippen molar-refractivity contribution >= 4 is 21.8 Å². The summed E-state index contributed by atoms with van der Waals surface area (Å²) < 4.78 is 2.34. The third-order valence-corrected chi connectivity index (χ3v) is 7.73. The predicted molar refractivity (Wildman–Crippen MR) is 174 cm³/mol. The normalized spacial score (nSPS) is 11.3. The summed E-state index contributed by atoms with van der Waals surface area (Å²) in [6.45, 7) is 0. The fraction of sp³-hybridized carbons (Fsp3) is 0. The molecule has 0 saturated heterocycles. The van der Waals surface area contributed by atoms with E-state index in [9.17, 15) is 0 Å². The molecule has 4 heterocycles. The molecule has 5 heteroatoms. The second-order valence-electron chi connectivity index (χ2n) is 10.4. The molecular weight excluding hydrogens is 526 g/mol. The highest BCUT2D eigenvalue weighted by atomic mass is 15.0. The molecule has 0 unspecified atom stereocenters. The SMILES string of the molecule is c1ccc(-c2ccc3c(c2)c2ccccc2n3-c2cccc(-c3cc(-c4ccccn4)nc(-c4ccccn4)n3)c2)cc1. The standard InChI is InChI=1S/C38H25N5/c1-2-11-26(12-3-1)27-19-20-37-31(24-27)30-15-4-5-18-36(30)43(37)29-14-10-13-28(23-29)34-25-35(32-16-6-8-21-39-32)42-38(41-34)33-17-7-9-22-40-33/h1-25H. The monoisotopic (exact) mass is 551 g/mol. The van der Waals surface area contributed by atoms with Gasteiger partial charge in [-0.2, -0.15) is 0 Å². The first-order valence-electron chi connectivity index (χ1n) is 14.2. The van der Waals surface area contributed by atoms with E-state index < -0.39 is 0 Å². The Hall–Kier alpha value is -5.94. The van der Waals surface area contributed by atoms with Crippen LogP contribution in [-0.2, 0) is 0 Å². The first-order chi connectivity index (χ1) is 21.3. The van der Waals surface area contributed by atoms with E-state index in [-0.39, 0.29) is 0 Å². The van der Waals surface area contributed by atoms with Crippen LogP contribution >= 0.6 is 0 Å². The lowest BCUT2D eigenvalue weighted by Gasteiger charge is -2.12. The second kappa shape index (κ2) is 10.5. The van der Waals surface area contributed by atoms with Crippen LogP contribution in [-0.4, -0.2) is 24.5 Å². The van der Waals surface area contributed by atoms with Gasteiger partial charge in [-0.05, 0) is 71.8 Å². The van der Waals surface area contributed by atoms with Crippen molar-refractivity contribution in [3.05, 3.63) is 152 Å². The van der Waals surface area contributed by atoms with Gasteiger partial charge >= 0.3 is 0 Å². The topological polar surface area (TPSA) is 56.5 Å². The summed E-state index contributed by atoms with van der Waals surface area (Å²) in [5.74, 6) is 0.564. The lowest BCUT2D eigenvalue weighted by Crippen LogP contribution is -1.99. The number of fused-ring (bicyclic) bond motifs is 3. The number of hydrogen-bond acceptors (Lipinski definition) is 4. The van der Waals surface area contributed by atoms with E-state index in [1.807, 2.05) is 42.5 Å². The Morgan fingerprint density at radius 2 is 1.09 bits per heavy atom. The van der Waals surface area contributed by atoms with Crippen LogP contribution < -0.4 is 0 Å². The lowest BCUT2D eigenvalue weighted by atomic mass is 10.0. The number of pyridine rings is 2. The minimum atomic E-state index is 0.564. The van der Waals surface area contributed by atoms with Crippen molar-refractivity contribution in [3.8, 4) is 51.0 Å². The van der Waals surface area contributed by atoms with Gasteiger partial charge in [0, 0.05) is 34.4 Å². The van der Waals surface area contributed by atoms with Crippen molar-refractivity contribution in [1.82, 2.24) is 24.5 Å². The smallest absolute Gasteiger partial charge is 0.179 e. The van der Waals surface area contributed by atoms with Crippen LogP contribution in [0.4, 0.5) is 0 Å². The number of hydrogen-bond donors (Lipinski definition) is 0. The van der Waals surface area contributed by atoms with Gasteiger partial charge in [0.1, 0.15) is 5.69 Å². The maximum atomic E-state index is 4.98. The zero-order valence-electron chi connectivity index (χ0n) is 23.2. The van der Waals surface area contributed by atoms with E-state index in [4.69, 9.17) is 9.97 Å². The summed E-state index contributed by atoms with van der Waals surface area (Å²) in [4.78, 5) is 18.9. The van der Waals surface area contributed by atoms with Crippen molar-refractivity contribution in [3.63, 3.8) is 0 Å². The molecule has 8 rings (SSSR count). The largest absolute Gasteiger partial charge is 0.309 e. The summed E-state index contributed by atoms with van der Waals surface area (Å²) in [6.07, 6.45) is 3.54. The fourth-order valence-corrected chi connectivity index (χ4v) is 5.72. The molecule has 0 aliphatic carbocycles. The summed E-state index contributed by atoms with van der Waals surface area (Å²) in [6, 6.07) is 48.0. The van der Waals surface area contributed by atoms with E-state index in [1.165, 1.54) is 21.9 Å². The molecule has 43 heavy (non-hydrogen) atoms. The van der Waals surface area contributed by atoms with Gasteiger partial charge in [0.25, 0.3) is 0 Å². The van der Waals surface area contributed by atoms with Gasteiger partial charge in [-0.15, -0.1) is 0 Å². The average molecular weight is 552 g/mol. The van der Waals surface area contributed by atoms with Crippen molar-refractivity contribution in [1.29, 1.82) is 0 Å². The minimum Gasteiger partial charge on any atom is -0.309 e. The van der Waals surface area contributed by atoms with Crippen molar-refractivity contribution in [2.45, 2.75) is 0 Å². The van der Waals surface area contributed by atoms with E-state index in [2.05, 4.69) is 112 Å². The first kappa shape index (κ1) is 24.8. The van der Waals surface area contributed by atoms with Gasteiger partial charge in [0.15, 0.2) is 5.82 Å². The first-order valence-corrected chi connectivity index (χ1v) is 14.2. The van der Waals surface area contributed by atoms with Gasteiger partial charge < -0.3 is 4.57 Å². The molecule has 0 bridgehead atoms. The van der Waals surface area contributed by atoms with Crippen LogP contribution in [0.2, 0.25) is 0 Å². The zero-order valence-corrected chi connectivity index (χ0v) is 23.2. The van der Waals surface area contributed by atoms with Gasteiger partial charge in [-0.3, -0.25) is 9.97 Å². The molecule has 0 spiro atoms. The molecular formula is C38H25N5. The maximum Gasteiger partial charge on any atom is 0.179 e. The highest BCUT2D eigenvalue weighted by Gasteiger charge is 2.16. The molecule has 0 amide bonds. The molecule has 0 atom stereocenters. The van der Waals surface area contributed by atoms with Gasteiger partial charge in [0.05, 0.1) is 28.1 Å². The Bertz CT molecular complexity index is 2170. The molecule has 0 saturated carbocycles. The lowest BCUT2D eigenvalue weighted by molar-refractivity contribution is 1.13. The number of nitrogens with zero attached hydrogens (tertiary/aromatic N) is 5. The van der Waals surface area contributed by atoms with Crippen LogP contribution in [0.5, 0.6) is 0 Å². The summed E-state index contributed by atoms with van der Waals surface area (Å²) in [5.41, 5.74) is 9.84. The zero-order chi connectivity index (χ0) is 28.6. The molecule has 0 N–H and O–H groups in total. The highest BCUT2D eigenvalue weighted by molar-refractivity contribution is 6.10. The number of rotatable bonds is 5. The van der Waals surface area contributed by atoms with Crippen LogP contribution in [0.25, 0.3) is 72.8 Å². The third kappa shape index (κ3) is 4.53. The van der Waals surface area contributed by atoms with Gasteiger partial charge in [-0.25, -0.2) is 9.97 Å². The summed E-state index contributed by atoms with van der Waals surface area (Å²) in [7, 11) is 0. The molecule has 8 aromatic rings. The third-order valence-electron chi connectivity index (χ3n) is 7.73. The number of para-hydroxylation sites is 1. The number of benzene rings is 4. The molecule has 0 aliphatic rings. The molecule has 0 aliphatic heterocycles. The second-order valence-corrected chi connectivity index (χ2v) is 10.4. The Kier molecular flexibility index (Phi) is 6.05. The van der Waals surface area contributed by atoms with Gasteiger partial charge in [-0.1, -0.05) is 78.9 Å². The van der Waals surface area contributed by atoms with Crippen LogP contribution in [0.1, 0.15) is 0 Å². The van der Waals surface area contributed by atoms with Crippen molar-refractivity contribution in [2.24, 2.45) is 0 Å². The molecule has 0 fully saturated rings. The summed E-state index contributed by atoms with van der Waals surface area (Å²) in [5, 5.41) is 2.44. The Balaban J connectivity index is 1.31.